The third-order valence-electron chi connectivity index (χ3n) is 3.21. The van der Waals surface area contributed by atoms with Crippen molar-refractivity contribution in [2.75, 3.05) is 0 Å². The van der Waals surface area contributed by atoms with Gasteiger partial charge in [0.05, 0.1) is 0 Å². The monoisotopic (exact) mass is 265 g/mol. The van der Waals surface area contributed by atoms with E-state index in [1.807, 2.05) is 56.3 Å². The van der Waals surface area contributed by atoms with Gasteiger partial charge in [-0.15, -0.1) is 0 Å². The van der Waals surface area contributed by atoms with Gasteiger partial charge in [0.15, 0.2) is 5.65 Å². The molecule has 1 aromatic carbocycles. The van der Waals surface area contributed by atoms with Crippen LogP contribution in [0.15, 0.2) is 53.5 Å². The van der Waals surface area contributed by atoms with E-state index in [2.05, 4.69) is 9.97 Å². The van der Waals surface area contributed by atoms with Gasteiger partial charge in [0.2, 0.25) is 0 Å². The molecule has 0 atom stereocenters. The zero-order chi connectivity index (χ0) is 14.1. The van der Waals surface area contributed by atoms with Gasteiger partial charge in [-0.2, -0.15) is 0 Å². The Kier molecular flexibility index (Phi) is 3.06. The first-order chi connectivity index (χ1) is 9.68. The van der Waals surface area contributed by atoms with Crippen molar-refractivity contribution in [2.24, 2.45) is 0 Å². The van der Waals surface area contributed by atoms with Crippen LogP contribution in [0.5, 0.6) is 0 Å². The van der Waals surface area contributed by atoms with Crippen molar-refractivity contribution in [3.63, 3.8) is 0 Å². The second kappa shape index (κ2) is 4.89. The van der Waals surface area contributed by atoms with Gasteiger partial charge in [-0.05, 0) is 26.0 Å². The first kappa shape index (κ1) is 12.5. The van der Waals surface area contributed by atoms with Crippen molar-refractivity contribution in [1.82, 2.24) is 14.5 Å². The maximum atomic E-state index is 12.7. The third-order valence-corrected chi connectivity index (χ3v) is 3.21. The Labute approximate surface area is 116 Å². The van der Waals surface area contributed by atoms with Crippen LogP contribution in [0.2, 0.25) is 0 Å². The molecule has 20 heavy (non-hydrogen) atoms. The number of rotatable bonds is 2. The molecule has 0 spiro atoms. The summed E-state index contributed by atoms with van der Waals surface area (Å²) < 4.78 is 1.70. The lowest BCUT2D eigenvalue weighted by atomic mass is 10.1. The van der Waals surface area contributed by atoms with Crippen molar-refractivity contribution >= 4 is 11.2 Å². The Morgan fingerprint density at radius 2 is 1.80 bits per heavy atom. The molecular formula is C16H15N3O. The molecular weight excluding hydrogens is 250 g/mol. The first-order valence-corrected chi connectivity index (χ1v) is 6.61. The highest BCUT2D eigenvalue weighted by Gasteiger charge is 2.14. The van der Waals surface area contributed by atoms with E-state index in [0.29, 0.717) is 11.3 Å². The van der Waals surface area contributed by atoms with E-state index >= 15 is 0 Å². The standard InChI is InChI=1S/C16H15N3O/c1-11(2)19-15-13(9-6-10-17-15)18-14(16(19)20)12-7-4-3-5-8-12/h3-11H,1-2H3. The maximum absolute atomic E-state index is 12.7. The molecule has 0 aliphatic carbocycles. The van der Waals surface area contributed by atoms with Crippen LogP contribution in [-0.2, 0) is 0 Å². The van der Waals surface area contributed by atoms with Crippen LogP contribution < -0.4 is 5.56 Å². The van der Waals surface area contributed by atoms with Crippen LogP contribution >= 0.6 is 0 Å². The smallest absolute Gasteiger partial charge is 0.278 e. The molecule has 0 fully saturated rings. The average molecular weight is 265 g/mol. The minimum atomic E-state index is -0.0996. The fourth-order valence-corrected chi connectivity index (χ4v) is 2.30. The molecule has 4 nitrogen and oxygen atoms in total. The summed E-state index contributed by atoms with van der Waals surface area (Å²) in [6.45, 7) is 3.95. The molecule has 0 saturated heterocycles. The van der Waals surface area contributed by atoms with Gasteiger partial charge in [0.25, 0.3) is 5.56 Å². The summed E-state index contributed by atoms with van der Waals surface area (Å²) in [7, 11) is 0. The zero-order valence-electron chi connectivity index (χ0n) is 11.4. The first-order valence-electron chi connectivity index (χ1n) is 6.61. The van der Waals surface area contributed by atoms with E-state index in [9.17, 15) is 4.79 Å². The van der Waals surface area contributed by atoms with Gasteiger partial charge in [-0.25, -0.2) is 9.97 Å². The molecule has 4 heteroatoms. The van der Waals surface area contributed by atoms with Crippen LogP contribution in [0, 0.1) is 0 Å². The van der Waals surface area contributed by atoms with Gasteiger partial charge in [0.1, 0.15) is 11.2 Å². The van der Waals surface area contributed by atoms with Crippen molar-refractivity contribution in [3.05, 3.63) is 59.0 Å². The van der Waals surface area contributed by atoms with Crippen LogP contribution in [0.1, 0.15) is 19.9 Å². The van der Waals surface area contributed by atoms with Crippen molar-refractivity contribution < 1.29 is 0 Å². The average Bonchev–Trinajstić information content (AvgIpc) is 2.47. The lowest BCUT2D eigenvalue weighted by Gasteiger charge is -2.14. The summed E-state index contributed by atoms with van der Waals surface area (Å²) in [4.78, 5) is 21.5. The van der Waals surface area contributed by atoms with Crippen LogP contribution in [0.4, 0.5) is 0 Å². The molecule has 0 amide bonds. The molecule has 3 aromatic rings. The van der Waals surface area contributed by atoms with E-state index in [4.69, 9.17) is 0 Å². The largest absolute Gasteiger partial charge is 0.287 e. The van der Waals surface area contributed by atoms with Gasteiger partial charge in [-0.3, -0.25) is 9.36 Å². The number of nitrogens with zero attached hydrogens (tertiary/aromatic N) is 3. The molecule has 0 radical (unpaired) electrons. The summed E-state index contributed by atoms with van der Waals surface area (Å²) in [5, 5.41) is 0. The quantitative estimate of drug-likeness (QED) is 0.715. The van der Waals surface area contributed by atoms with Crippen molar-refractivity contribution in [3.8, 4) is 11.3 Å². The SMILES string of the molecule is CC(C)n1c(=O)c(-c2ccccc2)nc2cccnc21. The Bertz CT molecular complexity index is 807. The number of pyridine rings is 1. The second-order valence-corrected chi connectivity index (χ2v) is 4.94. The van der Waals surface area contributed by atoms with Crippen LogP contribution in [-0.4, -0.2) is 14.5 Å². The molecule has 0 aliphatic rings. The maximum Gasteiger partial charge on any atom is 0.278 e. The summed E-state index contributed by atoms with van der Waals surface area (Å²) >= 11 is 0. The minimum absolute atomic E-state index is 0.0327. The lowest BCUT2D eigenvalue weighted by Crippen LogP contribution is -2.25. The van der Waals surface area contributed by atoms with Gasteiger partial charge in [-0.1, -0.05) is 30.3 Å². The molecule has 0 saturated carbocycles. The highest BCUT2D eigenvalue weighted by Crippen LogP contribution is 2.18. The van der Waals surface area contributed by atoms with E-state index in [1.54, 1.807) is 10.8 Å². The topological polar surface area (TPSA) is 47.8 Å². The number of fused-ring (bicyclic) bond motifs is 1. The predicted octanol–water partition coefficient (Wildman–Crippen LogP) is 3.04. The van der Waals surface area contributed by atoms with E-state index in [-0.39, 0.29) is 11.6 Å². The summed E-state index contributed by atoms with van der Waals surface area (Å²) in [6.07, 6.45) is 1.69. The Balaban J connectivity index is 2.41. The molecule has 0 N–H and O–H groups in total. The van der Waals surface area contributed by atoms with Gasteiger partial charge >= 0.3 is 0 Å². The Hall–Kier alpha value is -2.49. The lowest BCUT2D eigenvalue weighted by molar-refractivity contribution is 0.594. The van der Waals surface area contributed by atoms with Crippen molar-refractivity contribution in [1.29, 1.82) is 0 Å². The second-order valence-electron chi connectivity index (χ2n) is 4.94. The third kappa shape index (κ3) is 1.99. The number of benzene rings is 1. The molecule has 0 bridgehead atoms. The number of hydrogen-bond donors (Lipinski definition) is 0. The normalized spacial score (nSPS) is 11.2. The molecule has 3 rings (SSSR count). The molecule has 2 heterocycles. The zero-order valence-corrected chi connectivity index (χ0v) is 11.4. The highest BCUT2D eigenvalue weighted by molar-refractivity contribution is 5.74. The van der Waals surface area contributed by atoms with Crippen LogP contribution in [0.3, 0.4) is 0 Å². The molecule has 0 unspecified atom stereocenters. The van der Waals surface area contributed by atoms with E-state index in [1.165, 1.54) is 0 Å². The fraction of sp³-hybridized carbons (Fsp3) is 0.188. The van der Waals surface area contributed by atoms with Crippen LogP contribution in [0.25, 0.3) is 22.4 Å². The minimum Gasteiger partial charge on any atom is -0.287 e. The highest BCUT2D eigenvalue weighted by atomic mass is 16.1. The molecule has 2 aromatic heterocycles. The van der Waals surface area contributed by atoms with Gasteiger partial charge in [0, 0.05) is 17.8 Å². The van der Waals surface area contributed by atoms with Crippen molar-refractivity contribution in [2.45, 2.75) is 19.9 Å². The molecule has 0 aliphatic heterocycles. The summed E-state index contributed by atoms with van der Waals surface area (Å²) in [5.74, 6) is 0. The molecule has 100 valence electrons. The number of aromatic nitrogens is 3. The summed E-state index contributed by atoms with van der Waals surface area (Å²) in [5.41, 5.74) is 2.57. The fourth-order valence-electron chi connectivity index (χ4n) is 2.30. The number of hydrogen-bond acceptors (Lipinski definition) is 3. The Morgan fingerprint density at radius 3 is 2.50 bits per heavy atom. The van der Waals surface area contributed by atoms with E-state index in [0.717, 1.165) is 11.1 Å². The Morgan fingerprint density at radius 1 is 1.05 bits per heavy atom. The van der Waals surface area contributed by atoms with E-state index < -0.39 is 0 Å². The predicted molar refractivity (Wildman–Crippen MR) is 79.6 cm³/mol. The summed E-state index contributed by atoms with van der Waals surface area (Å²) in [6, 6.07) is 13.3. The van der Waals surface area contributed by atoms with Gasteiger partial charge < -0.3 is 0 Å².